The lowest BCUT2D eigenvalue weighted by Gasteiger charge is -2.24. The Hall–Kier alpha value is -3.47. The predicted octanol–water partition coefficient (Wildman–Crippen LogP) is 2.03. The second kappa shape index (κ2) is 11.0. The third-order valence-electron chi connectivity index (χ3n) is 7.76. The highest BCUT2D eigenvalue weighted by Crippen LogP contribution is 2.46. The molecule has 2 saturated carbocycles. The van der Waals surface area contributed by atoms with E-state index in [1.165, 1.54) is 0 Å². The molecule has 2 N–H and O–H groups in total. The molecule has 0 spiro atoms. The summed E-state index contributed by atoms with van der Waals surface area (Å²) in [6, 6.07) is 9.40. The molecule has 3 aliphatic carbocycles. The third kappa shape index (κ3) is 6.08. The zero-order valence-corrected chi connectivity index (χ0v) is 22.7. The van der Waals surface area contributed by atoms with Crippen LogP contribution in [0.5, 0.6) is 0 Å². The summed E-state index contributed by atoms with van der Waals surface area (Å²) in [5, 5.41) is 6.33. The standard InChI is InChI=1S/C28H34N4O6S/c1-32-14-8-3-2-7-11-20-17-28(20,27(35)31-39(36,37)22-12-13-22)30-25(33)23-15-21(16-24(23)26(32)34)38-29-18-19-9-5-4-6-10-19/h4-7,9-11,16,18,20-23H,2-3,8,12-15,17H2,1H3,(H,30,33)(H,31,35)/b11-7-,29-18+/t20-,21+,23+,28+/m0/s1. The van der Waals surface area contributed by atoms with Gasteiger partial charge in [0.05, 0.1) is 17.4 Å². The van der Waals surface area contributed by atoms with Crippen molar-refractivity contribution >= 4 is 34.0 Å². The number of hydrogen-bond acceptors (Lipinski definition) is 7. The van der Waals surface area contributed by atoms with E-state index in [-0.39, 0.29) is 18.2 Å². The van der Waals surface area contributed by atoms with E-state index >= 15 is 0 Å². The fourth-order valence-electron chi connectivity index (χ4n) is 5.16. The van der Waals surface area contributed by atoms with Crippen molar-refractivity contribution in [2.24, 2.45) is 17.0 Å². The van der Waals surface area contributed by atoms with Crippen molar-refractivity contribution in [3.8, 4) is 0 Å². The van der Waals surface area contributed by atoms with E-state index in [4.69, 9.17) is 4.84 Å². The van der Waals surface area contributed by atoms with Crippen molar-refractivity contribution in [3.05, 3.63) is 59.7 Å². The average Bonchev–Trinajstić information content (AvgIpc) is 3.83. The highest BCUT2D eigenvalue weighted by molar-refractivity contribution is 7.91. The molecule has 0 aromatic heterocycles. The molecule has 39 heavy (non-hydrogen) atoms. The summed E-state index contributed by atoms with van der Waals surface area (Å²) in [7, 11) is -2.08. The number of amides is 3. The molecule has 3 amide bonds. The fraction of sp³-hybridized carbons (Fsp3) is 0.500. The van der Waals surface area contributed by atoms with Crippen molar-refractivity contribution in [1.29, 1.82) is 0 Å². The van der Waals surface area contributed by atoms with E-state index in [0.29, 0.717) is 31.4 Å². The summed E-state index contributed by atoms with van der Waals surface area (Å²) in [4.78, 5) is 47.5. The Kier molecular flexibility index (Phi) is 7.61. The normalized spacial score (nSPS) is 30.4. The van der Waals surface area contributed by atoms with Crippen LogP contribution in [-0.2, 0) is 29.2 Å². The first kappa shape index (κ1) is 27.1. The van der Waals surface area contributed by atoms with Crippen LogP contribution in [0.4, 0.5) is 0 Å². The van der Waals surface area contributed by atoms with Gasteiger partial charge in [-0.1, -0.05) is 47.6 Å². The van der Waals surface area contributed by atoms with Gasteiger partial charge in [0.2, 0.25) is 21.8 Å². The quantitative estimate of drug-likeness (QED) is 0.314. The van der Waals surface area contributed by atoms with Gasteiger partial charge in [-0.15, -0.1) is 0 Å². The molecule has 10 nitrogen and oxygen atoms in total. The van der Waals surface area contributed by atoms with E-state index in [2.05, 4.69) is 15.2 Å². The fourth-order valence-corrected chi connectivity index (χ4v) is 6.52. The van der Waals surface area contributed by atoms with Gasteiger partial charge in [0, 0.05) is 31.5 Å². The molecule has 208 valence electrons. The number of likely N-dealkylation sites (N-methyl/N-ethyl adjacent to an activating group) is 1. The van der Waals surface area contributed by atoms with Gasteiger partial charge >= 0.3 is 0 Å². The van der Waals surface area contributed by atoms with Crippen LogP contribution >= 0.6 is 0 Å². The van der Waals surface area contributed by atoms with Crippen LogP contribution in [0.25, 0.3) is 0 Å². The van der Waals surface area contributed by atoms with Crippen molar-refractivity contribution in [2.75, 3.05) is 13.6 Å². The number of rotatable bonds is 6. The van der Waals surface area contributed by atoms with Crippen LogP contribution in [0.3, 0.4) is 0 Å². The Morgan fingerprint density at radius 1 is 1.21 bits per heavy atom. The Labute approximate surface area is 228 Å². The van der Waals surface area contributed by atoms with Crippen LogP contribution in [0, 0.1) is 11.8 Å². The van der Waals surface area contributed by atoms with Gasteiger partial charge in [0.1, 0.15) is 11.6 Å². The smallest absolute Gasteiger partial charge is 0.259 e. The number of hydrogen-bond donors (Lipinski definition) is 2. The van der Waals surface area contributed by atoms with Crippen LogP contribution in [0.15, 0.2) is 59.3 Å². The Morgan fingerprint density at radius 3 is 2.72 bits per heavy atom. The van der Waals surface area contributed by atoms with E-state index in [0.717, 1.165) is 24.8 Å². The monoisotopic (exact) mass is 554 g/mol. The topological polar surface area (TPSA) is 134 Å². The molecule has 1 aromatic rings. The maximum Gasteiger partial charge on any atom is 0.259 e. The summed E-state index contributed by atoms with van der Waals surface area (Å²) >= 11 is 0. The summed E-state index contributed by atoms with van der Waals surface area (Å²) in [5.74, 6) is -2.70. The van der Waals surface area contributed by atoms with Crippen molar-refractivity contribution in [2.45, 2.75) is 61.8 Å². The highest BCUT2D eigenvalue weighted by Gasteiger charge is 2.61. The summed E-state index contributed by atoms with van der Waals surface area (Å²) in [5.41, 5.74) is -0.234. The lowest BCUT2D eigenvalue weighted by atomic mass is 9.97. The van der Waals surface area contributed by atoms with E-state index < -0.39 is 44.6 Å². The molecule has 4 atom stereocenters. The molecule has 1 aromatic carbocycles. The largest absolute Gasteiger partial charge is 0.388 e. The Balaban J connectivity index is 1.37. The van der Waals surface area contributed by atoms with E-state index in [1.54, 1.807) is 24.2 Å². The molecular weight excluding hydrogens is 520 g/mol. The number of fused-ring (bicyclic) bond motifs is 2. The van der Waals surface area contributed by atoms with Crippen LogP contribution in [0.2, 0.25) is 0 Å². The Morgan fingerprint density at radius 2 is 1.97 bits per heavy atom. The third-order valence-corrected chi connectivity index (χ3v) is 9.58. The first-order chi connectivity index (χ1) is 18.7. The van der Waals surface area contributed by atoms with Crippen molar-refractivity contribution in [1.82, 2.24) is 14.9 Å². The lowest BCUT2D eigenvalue weighted by molar-refractivity contribution is -0.133. The molecule has 1 heterocycles. The minimum atomic E-state index is -3.78. The summed E-state index contributed by atoms with van der Waals surface area (Å²) in [6.07, 6.45) is 10.3. The predicted molar refractivity (Wildman–Crippen MR) is 145 cm³/mol. The number of sulfonamides is 1. The number of allylic oxidation sites excluding steroid dienone is 1. The molecule has 4 aliphatic rings. The minimum absolute atomic E-state index is 0.172. The van der Waals surface area contributed by atoms with Crippen molar-refractivity contribution in [3.63, 3.8) is 0 Å². The summed E-state index contributed by atoms with van der Waals surface area (Å²) < 4.78 is 27.2. The van der Waals surface area contributed by atoms with Gasteiger partial charge in [-0.05, 0) is 50.2 Å². The highest BCUT2D eigenvalue weighted by atomic mass is 32.2. The molecule has 5 rings (SSSR count). The van der Waals surface area contributed by atoms with Gasteiger partial charge < -0.3 is 15.1 Å². The molecule has 0 saturated heterocycles. The number of carbonyl (C=O) groups is 3. The van der Waals surface area contributed by atoms with E-state index in [1.807, 2.05) is 42.5 Å². The molecule has 2 fully saturated rings. The van der Waals surface area contributed by atoms with E-state index in [9.17, 15) is 22.8 Å². The maximum atomic E-state index is 13.6. The summed E-state index contributed by atoms with van der Waals surface area (Å²) in [6.45, 7) is 0.546. The number of nitrogens with zero attached hydrogens (tertiary/aromatic N) is 2. The zero-order chi connectivity index (χ0) is 27.6. The molecule has 0 bridgehead atoms. The SMILES string of the molecule is CN1CCCC/C=C\[C@H]2C[C@@]2(C(=O)NS(=O)(=O)C2CC2)NC(=O)[C@@H]2C[C@@H](O/N=C/c3ccccc3)C=C2C1=O. The minimum Gasteiger partial charge on any atom is -0.388 e. The first-order valence-electron chi connectivity index (χ1n) is 13.5. The van der Waals surface area contributed by atoms with Gasteiger partial charge in [-0.2, -0.15) is 0 Å². The van der Waals surface area contributed by atoms with Crippen molar-refractivity contribution < 1.29 is 27.6 Å². The van der Waals surface area contributed by atoms with Crippen LogP contribution in [0.1, 0.15) is 50.5 Å². The van der Waals surface area contributed by atoms with Crippen LogP contribution in [-0.4, -0.2) is 67.7 Å². The number of benzene rings is 1. The first-order valence-corrected chi connectivity index (χ1v) is 15.0. The van der Waals surface area contributed by atoms with Gasteiger partial charge in [0.25, 0.3) is 5.91 Å². The number of nitrogens with one attached hydrogen (secondary N) is 2. The van der Waals surface area contributed by atoms with Gasteiger partial charge in [-0.25, -0.2) is 8.42 Å². The van der Waals surface area contributed by atoms with Gasteiger partial charge in [-0.3, -0.25) is 19.1 Å². The maximum absolute atomic E-state index is 13.6. The molecule has 11 heteroatoms. The lowest BCUT2D eigenvalue weighted by Crippen LogP contribution is -2.54. The molecule has 0 unspecified atom stereocenters. The zero-order valence-electron chi connectivity index (χ0n) is 21.9. The molecule has 1 aliphatic heterocycles. The Bertz CT molecular complexity index is 1320. The molecule has 0 radical (unpaired) electrons. The number of carbonyl (C=O) groups excluding carboxylic acids is 3. The molecular formula is C28H34N4O6S. The second-order valence-corrected chi connectivity index (χ2v) is 12.8. The van der Waals surface area contributed by atoms with Crippen LogP contribution < -0.4 is 10.0 Å². The van der Waals surface area contributed by atoms with Gasteiger partial charge in [0.15, 0.2) is 0 Å². The average molecular weight is 555 g/mol. The second-order valence-electron chi connectivity index (χ2n) is 10.8. The number of oxime groups is 1.